The topological polar surface area (TPSA) is 52.0 Å². The molecule has 0 rings (SSSR count). The van der Waals surface area contributed by atoms with Crippen molar-refractivity contribution in [3.05, 3.63) is 14.9 Å². The number of rotatable bonds is 1. The van der Waals surface area contributed by atoms with Crippen LogP contribution in [0, 0.1) is 14.9 Å². The van der Waals surface area contributed by atoms with Crippen molar-refractivity contribution in [1.29, 1.82) is 0 Å². The van der Waals surface area contributed by atoms with Gasteiger partial charge in [0.15, 0.2) is 0 Å². The van der Waals surface area contributed by atoms with Crippen molar-refractivity contribution >= 4 is 24.0 Å². The number of halogens is 1. The van der Waals surface area contributed by atoms with E-state index in [2.05, 4.69) is 0 Å². The summed E-state index contributed by atoms with van der Waals surface area (Å²) >= 11 is 0. The maximum absolute atomic E-state index is 4.90. The van der Waals surface area contributed by atoms with Gasteiger partial charge in [-0.2, -0.15) is 0 Å². The Morgan fingerprint density at radius 2 is 1.00 bits per heavy atom. The fourth-order valence-electron chi connectivity index (χ4n) is 0. The molecule has 0 bridgehead atoms. The monoisotopic (exact) mass is 415 g/mol. The third-order valence-electron chi connectivity index (χ3n) is 0.167. The van der Waals surface area contributed by atoms with Crippen LogP contribution >= 0.6 is 24.0 Å². The fraction of sp³-hybridized carbons (Fsp3) is 0.500. The second-order valence-corrected chi connectivity index (χ2v) is 0.577. The number of hydrogen-bond acceptors (Lipinski definition) is 2. The Balaban J connectivity index is -0.00000000750. The normalized spacial score (nSPS) is 3.75. The van der Waals surface area contributed by atoms with Crippen molar-refractivity contribution in [2.75, 3.05) is 13.1 Å². The van der Waals surface area contributed by atoms with Gasteiger partial charge in [0.05, 0.1) is 0 Å². The van der Waals surface area contributed by atoms with E-state index < -0.39 is 0 Å². The molecule has 0 amide bonds. The van der Waals surface area contributed by atoms with Crippen LogP contribution in [-0.4, -0.2) is 13.1 Å². The van der Waals surface area contributed by atoms with Crippen molar-refractivity contribution in [3.63, 3.8) is 0 Å². The minimum Gasteiger partial charge on any atom is -0.358 e. The quantitative estimate of drug-likeness (QED) is 0.371. The van der Waals surface area contributed by atoms with E-state index >= 15 is 0 Å². The van der Waals surface area contributed by atoms with Crippen LogP contribution in [-0.2, 0) is 22.4 Å². The molecule has 8 heavy (non-hydrogen) atoms. The van der Waals surface area contributed by atoms with E-state index in [0.29, 0.717) is 13.1 Å². The van der Waals surface area contributed by atoms with Crippen LogP contribution in [0.15, 0.2) is 0 Å². The first-order valence-electron chi connectivity index (χ1n) is 1.32. The van der Waals surface area contributed by atoms with Crippen molar-refractivity contribution in [2.45, 2.75) is 0 Å². The average molecular weight is 415 g/mol. The molecule has 0 aromatic rings. The molecule has 0 aliphatic heterocycles. The van der Waals surface area contributed by atoms with Crippen LogP contribution in [0.25, 0.3) is 0 Å². The summed E-state index contributed by atoms with van der Waals surface area (Å²) in [5.74, 6) is 0. The maximum Gasteiger partial charge on any atom is 0.00461 e. The molecule has 4 heteroatoms. The second-order valence-electron chi connectivity index (χ2n) is 0.577. The van der Waals surface area contributed by atoms with Gasteiger partial charge in [0.2, 0.25) is 0 Å². The molecular weight excluding hydrogens is 400 g/mol. The number of nitrogens with two attached hydrogens (primary N) is 2. The van der Waals surface area contributed by atoms with E-state index in [4.69, 9.17) is 11.5 Å². The molecule has 1 radical (unpaired) electrons. The Hall–Kier alpha value is 1.39. The molecule has 0 unspecified atom stereocenters. The second kappa shape index (κ2) is 39.9. The summed E-state index contributed by atoms with van der Waals surface area (Å²) in [6.45, 7) is 1.19. The molecule has 0 aliphatic rings. The van der Waals surface area contributed by atoms with Gasteiger partial charge in [-0.25, -0.2) is 0 Å². The van der Waals surface area contributed by atoms with Crippen LogP contribution in [0.2, 0.25) is 0 Å². The van der Waals surface area contributed by atoms with Gasteiger partial charge in [0.25, 0.3) is 0 Å². The third-order valence-corrected chi connectivity index (χ3v) is 0.167. The van der Waals surface area contributed by atoms with Gasteiger partial charge in [-0.3, -0.25) is 0 Å². The van der Waals surface area contributed by atoms with E-state index in [0.717, 1.165) is 0 Å². The first kappa shape index (κ1) is 34.3. The Kier molecular flexibility index (Phi) is 171. The Morgan fingerprint density at radius 1 is 0.875 bits per heavy atom. The summed E-state index contributed by atoms with van der Waals surface area (Å²) in [7, 11) is 0. The maximum atomic E-state index is 4.90. The molecule has 0 fully saturated rings. The molecule has 61 valence electrons. The molecule has 0 atom stereocenters. The summed E-state index contributed by atoms with van der Waals surface area (Å²) < 4.78 is 0. The van der Waals surface area contributed by atoms with Crippen molar-refractivity contribution in [1.82, 2.24) is 0 Å². The standard InChI is InChI=1S/C2H8N2.2CH3.Au.HI/c3-1-2-4;;;;/h1-4H2;2*1H3;;1H/q;2*-1;;. The van der Waals surface area contributed by atoms with Gasteiger partial charge in [-0.1, -0.05) is 0 Å². The summed E-state index contributed by atoms with van der Waals surface area (Å²) in [6, 6.07) is 0. The van der Waals surface area contributed by atoms with E-state index in [-0.39, 0.29) is 61.2 Å². The van der Waals surface area contributed by atoms with Gasteiger partial charge in [0, 0.05) is 35.5 Å². The molecule has 0 heterocycles. The number of hydrogen-bond donors (Lipinski definition) is 2. The minimum absolute atomic E-state index is 0. The smallest absolute Gasteiger partial charge is 0.00461 e. The van der Waals surface area contributed by atoms with Crippen LogP contribution < -0.4 is 11.5 Å². The molecule has 0 spiro atoms. The van der Waals surface area contributed by atoms with Crippen molar-refractivity contribution in [3.8, 4) is 0 Å². The predicted octanol–water partition coefficient (Wildman–Crippen LogP) is 0.420. The van der Waals surface area contributed by atoms with E-state index in [1.807, 2.05) is 0 Å². The largest absolute Gasteiger partial charge is 0.358 e. The van der Waals surface area contributed by atoms with E-state index in [1.54, 1.807) is 0 Å². The first-order valence-corrected chi connectivity index (χ1v) is 1.32. The Morgan fingerprint density at radius 3 is 1.00 bits per heavy atom. The van der Waals surface area contributed by atoms with Crippen LogP contribution in [0.3, 0.4) is 0 Å². The van der Waals surface area contributed by atoms with E-state index in [1.165, 1.54) is 0 Å². The molecule has 4 N–H and O–H groups in total. The van der Waals surface area contributed by atoms with Gasteiger partial charge in [0.1, 0.15) is 0 Å². The van der Waals surface area contributed by atoms with Gasteiger partial charge < -0.3 is 26.3 Å². The van der Waals surface area contributed by atoms with Crippen LogP contribution in [0.4, 0.5) is 0 Å². The SMILES string of the molecule is I.NCCN.[Au].[CH3-].[CH3-]. The molecule has 0 saturated heterocycles. The third kappa shape index (κ3) is 52.8. The molecule has 0 aromatic carbocycles. The predicted molar refractivity (Wildman–Crippen MR) is 46.4 cm³/mol. The van der Waals surface area contributed by atoms with Gasteiger partial charge in [-0.05, 0) is 0 Å². The summed E-state index contributed by atoms with van der Waals surface area (Å²) in [5.41, 5.74) is 9.81. The fourth-order valence-corrected chi connectivity index (χ4v) is 0. The molecule has 0 aliphatic carbocycles. The minimum atomic E-state index is 0. The van der Waals surface area contributed by atoms with E-state index in [9.17, 15) is 0 Å². The average Bonchev–Trinajstić information content (AvgIpc) is 1.37. The first-order chi connectivity index (χ1) is 1.91. The molecular formula is C4H15AuIN2-2. The zero-order valence-corrected chi connectivity index (χ0v) is 9.78. The van der Waals surface area contributed by atoms with Crippen molar-refractivity contribution < 1.29 is 22.4 Å². The summed E-state index contributed by atoms with van der Waals surface area (Å²) in [4.78, 5) is 0. The van der Waals surface area contributed by atoms with Crippen molar-refractivity contribution in [2.24, 2.45) is 11.5 Å². The zero-order chi connectivity index (χ0) is 3.41. The summed E-state index contributed by atoms with van der Waals surface area (Å²) in [6.07, 6.45) is 0. The van der Waals surface area contributed by atoms with Crippen LogP contribution in [0.1, 0.15) is 0 Å². The zero-order valence-electron chi connectivity index (χ0n) is 5.28. The molecule has 0 saturated carbocycles. The van der Waals surface area contributed by atoms with Gasteiger partial charge in [-0.15, -0.1) is 24.0 Å². The molecule has 2 nitrogen and oxygen atoms in total. The Labute approximate surface area is 85.3 Å². The molecule has 0 aromatic heterocycles. The van der Waals surface area contributed by atoms with Gasteiger partial charge >= 0.3 is 0 Å². The Bertz CT molecular complexity index is 16.0. The summed E-state index contributed by atoms with van der Waals surface area (Å²) in [5, 5.41) is 0. The van der Waals surface area contributed by atoms with Crippen LogP contribution in [0.5, 0.6) is 0 Å².